The molecule has 0 amide bonds. The number of hydrogen-bond acceptors (Lipinski definition) is 11. The summed E-state index contributed by atoms with van der Waals surface area (Å²) in [7, 11) is 0. The highest BCUT2D eigenvalue weighted by Gasteiger charge is 2.31. The monoisotopic (exact) mass is 1250 g/mol. The van der Waals surface area contributed by atoms with E-state index in [0.717, 1.165) is 72.8 Å². The standard InChI is InChI=1S/C72H37F8N5O8/c73-45-5-1-6-46(74)65(45)90-69(86)41-21-13-37(14-22-41)61-53-29-30-54(81-53)62(38-15-23-42(24-16-38)70(87)91-66-47(75)7-2-8-48(66)76)59-35-36-60-64(40-19-27-44(28-20-40)72(89)93-68-51(79)11-4-12-52(68)80)56-32-31-55(82-56)63(58-34-33-57(61)84(58)83-85(59)60)39-17-25-43(26-18-39)71(88)92-67-49(77)9-3-10-50(67)78/h1-36,83H. The third-order valence-electron chi connectivity index (χ3n) is 15.4. The normalized spacial score (nSPS) is 13.5. The van der Waals surface area contributed by atoms with Crippen molar-refractivity contribution in [2.24, 2.45) is 9.98 Å². The molecule has 2 aromatic heterocycles. The van der Waals surface area contributed by atoms with Gasteiger partial charge in [-0.1, -0.05) is 72.8 Å². The molecule has 0 spiro atoms. The van der Waals surface area contributed by atoms with Crippen molar-refractivity contribution in [2.75, 3.05) is 5.53 Å². The van der Waals surface area contributed by atoms with Crippen LogP contribution in [-0.4, -0.2) is 44.7 Å². The van der Waals surface area contributed by atoms with Crippen LogP contribution in [0.1, 0.15) is 75.1 Å². The number of halogens is 8. The second-order valence-electron chi connectivity index (χ2n) is 21.0. The second kappa shape index (κ2) is 23.5. The number of carbonyl (C=O) groups excluding carboxylic acids is 4. The van der Waals surface area contributed by atoms with Crippen molar-refractivity contribution in [3.05, 3.63) is 343 Å². The molecule has 0 unspecified atom stereocenters. The summed E-state index contributed by atoms with van der Waals surface area (Å²) in [6.45, 7) is 0. The minimum absolute atomic E-state index is 0.0787. The van der Waals surface area contributed by atoms with Gasteiger partial charge in [0.2, 0.25) is 23.0 Å². The van der Waals surface area contributed by atoms with E-state index in [9.17, 15) is 54.3 Å². The van der Waals surface area contributed by atoms with Crippen molar-refractivity contribution in [1.29, 1.82) is 0 Å². The van der Waals surface area contributed by atoms with E-state index in [-0.39, 0.29) is 22.3 Å². The lowest BCUT2D eigenvalue weighted by Gasteiger charge is -2.24. The van der Waals surface area contributed by atoms with E-state index in [0.29, 0.717) is 89.4 Å². The number of aromatic nitrogens is 2. The molecule has 21 heteroatoms. The van der Waals surface area contributed by atoms with Crippen LogP contribution < -0.4 is 35.2 Å². The van der Waals surface area contributed by atoms with Crippen LogP contribution in [0.5, 0.6) is 23.0 Å². The summed E-state index contributed by atoms with van der Waals surface area (Å²) in [5, 5.41) is 0.851. The van der Waals surface area contributed by atoms with Gasteiger partial charge in [0.1, 0.15) is 0 Å². The van der Waals surface area contributed by atoms with E-state index in [1.165, 1.54) is 48.5 Å². The third-order valence-corrected chi connectivity index (χ3v) is 15.4. The van der Waals surface area contributed by atoms with Gasteiger partial charge in [-0.2, -0.15) is 0 Å². The van der Waals surface area contributed by atoms with Crippen LogP contribution in [0.15, 0.2) is 240 Å². The second-order valence-corrected chi connectivity index (χ2v) is 21.0. The maximum atomic E-state index is 14.7. The number of para-hydroxylation sites is 4. The fourth-order valence-electron chi connectivity index (χ4n) is 11.0. The van der Waals surface area contributed by atoms with Gasteiger partial charge >= 0.3 is 23.9 Å². The Morgan fingerprint density at radius 1 is 0.301 bits per heavy atom. The molecular formula is C72H37F8N5O8. The van der Waals surface area contributed by atoms with Gasteiger partial charge in [-0.25, -0.2) is 79.2 Å². The highest BCUT2D eigenvalue weighted by atomic mass is 19.2. The summed E-state index contributed by atoms with van der Waals surface area (Å²) < 4.78 is 142. The first kappa shape index (κ1) is 58.2. The third kappa shape index (κ3) is 10.7. The van der Waals surface area contributed by atoms with E-state index < -0.39 is 93.4 Å². The lowest BCUT2D eigenvalue weighted by Crippen LogP contribution is -2.42. The minimum atomic E-state index is -1.10. The van der Waals surface area contributed by atoms with Crippen LogP contribution >= 0.6 is 0 Å². The molecule has 4 aliphatic rings. The van der Waals surface area contributed by atoms with Gasteiger partial charge in [-0.05, 0) is 168 Å². The summed E-state index contributed by atoms with van der Waals surface area (Å²) in [6, 6.07) is 43.2. The molecule has 0 saturated carbocycles. The first-order chi connectivity index (χ1) is 45.0. The number of nitrogens with one attached hydrogen (secondary N) is 1. The number of esters is 4. The van der Waals surface area contributed by atoms with Crippen molar-refractivity contribution in [2.45, 2.75) is 0 Å². The van der Waals surface area contributed by atoms with E-state index in [2.05, 4.69) is 5.53 Å². The van der Waals surface area contributed by atoms with Crippen molar-refractivity contribution in [1.82, 2.24) is 9.35 Å². The van der Waals surface area contributed by atoms with Crippen LogP contribution in [0, 0.1) is 46.5 Å². The van der Waals surface area contributed by atoms with Gasteiger partial charge in [-0.15, -0.1) is 0 Å². The Morgan fingerprint density at radius 3 is 0.828 bits per heavy atom. The van der Waals surface area contributed by atoms with Crippen LogP contribution in [0.3, 0.4) is 0 Å². The molecule has 0 radical (unpaired) electrons. The molecule has 93 heavy (non-hydrogen) atoms. The van der Waals surface area contributed by atoms with Crippen molar-refractivity contribution in [3.8, 4) is 23.0 Å². The SMILES string of the molecule is O=C(Oc1c(F)cccc1F)c1ccc(C2=C3C=CC(=N3)C(c3ccc(C(=O)Oc4c(F)cccc4F)cc3)=c3ccc4n3Nn3c2ccc3C(c2ccc(C(=O)Oc3c(F)cccc3F)cc2)=C2C=CC(=N2)C=4c2ccc(C(=O)Oc3c(F)cccc3F)cc2)cc1. The fourth-order valence-corrected chi connectivity index (χ4v) is 11.0. The van der Waals surface area contributed by atoms with E-state index in [4.69, 9.17) is 28.9 Å². The summed E-state index contributed by atoms with van der Waals surface area (Å²) in [6.07, 6.45) is 7.01. The average molecular weight is 1250 g/mol. The Morgan fingerprint density at radius 2 is 0.559 bits per heavy atom. The summed E-state index contributed by atoms with van der Waals surface area (Å²) in [5.74, 6) is -16.6. The molecule has 10 aromatic rings. The molecule has 454 valence electrons. The Bertz CT molecular complexity index is 4820. The Labute approximate surface area is 519 Å². The number of fused-ring (bicyclic) bond motifs is 2. The Balaban J connectivity index is 0.979. The number of aliphatic imine (C=N–C) groups is 2. The van der Waals surface area contributed by atoms with Crippen molar-refractivity contribution >= 4 is 57.6 Å². The van der Waals surface area contributed by atoms with Gasteiger partial charge in [0, 0.05) is 22.3 Å². The molecule has 13 nitrogen and oxygen atoms in total. The molecule has 14 rings (SSSR count). The van der Waals surface area contributed by atoms with Crippen LogP contribution in [0.25, 0.3) is 22.3 Å². The molecule has 8 aromatic carbocycles. The Kier molecular flexibility index (Phi) is 14.7. The van der Waals surface area contributed by atoms with Gasteiger partial charge in [-0.3, -0.25) is 0 Å². The molecule has 1 N–H and O–H groups in total. The van der Waals surface area contributed by atoms with Crippen LogP contribution in [0.4, 0.5) is 35.1 Å². The predicted molar refractivity (Wildman–Crippen MR) is 324 cm³/mol. The topological polar surface area (TPSA) is 152 Å². The molecule has 6 bridgehead atoms. The highest BCUT2D eigenvalue weighted by Crippen LogP contribution is 2.40. The maximum absolute atomic E-state index is 14.7. The van der Waals surface area contributed by atoms with Gasteiger partial charge in [0.25, 0.3) is 0 Å². The highest BCUT2D eigenvalue weighted by molar-refractivity contribution is 6.32. The summed E-state index contributed by atoms with van der Waals surface area (Å²) in [4.78, 5) is 64.8. The number of carbonyl (C=O) groups is 4. The number of ether oxygens (including phenoxy) is 4. The van der Waals surface area contributed by atoms with Crippen LogP contribution in [0.2, 0.25) is 0 Å². The van der Waals surface area contributed by atoms with Crippen molar-refractivity contribution < 1.29 is 73.2 Å². The van der Waals surface area contributed by atoms with E-state index >= 15 is 0 Å². The molecule has 0 aliphatic carbocycles. The largest absolute Gasteiger partial charge is 0.417 e. The van der Waals surface area contributed by atoms with Gasteiger partial charge in [0.05, 0.1) is 67.2 Å². The zero-order valence-electron chi connectivity index (χ0n) is 47.4. The summed E-state index contributed by atoms with van der Waals surface area (Å²) in [5.41, 5.74) is 9.20. The fraction of sp³-hybridized carbons (Fsp3) is 0. The Hall–Kier alpha value is -12.5. The maximum Gasteiger partial charge on any atom is 0.343 e. The van der Waals surface area contributed by atoms with Crippen molar-refractivity contribution in [3.63, 3.8) is 0 Å². The molecule has 0 saturated heterocycles. The number of hydrogen-bond donors (Lipinski definition) is 1. The minimum Gasteiger partial charge on any atom is -0.417 e. The number of nitrogens with zero attached hydrogens (tertiary/aromatic N) is 4. The predicted octanol–water partition coefficient (Wildman–Crippen LogP) is 13.3. The summed E-state index contributed by atoms with van der Waals surface area (Å²) >= 11 is 0. The number of allylic oxidation sites excluding steroid dienone is 4. The smallest absolute Gasteiger partial charge is 0.343 e. The molecular weight excluding hydrogens is 1210 g/mol. The first-order valence-electron chi connectivity index (χ1n) is 28.1. The first-order valence-corrected chi connectivity index (χ1v) is 28.1. The van der Waals surface area contributed by atoms with Gasteiger partial charge in [0.15, 0.2) is 46.5 Å². The molecule has 4 aliphatic heterocycles. The lowest BCUT2D eigenvalue weighted by atomic mass is 9.99. The van der Waals surface area contributed by atoms with E-state index in [1.54, 1.807) is 106 Å². The average Bonchev–Trinajstić information content (AvgIpc) is 1.59. The lowest BCUT2D eigenvalue weighted by molar-refractivity contribution is 0.0711. The number of rotatable bonds is 12. The van der Waals surface area contributed by atoms with Gasteiger partial charge < -0.3 is 18.9 Å². The molecule has 0 fully saturated rings. The zero-order chi connectivity index (χ0) is 64.3. The molecule has 0 atom stereocenters. The number of benzene rings is 8. The van der Waals surface area contributed by atoms with E-state index in [1.807, 2.05) is 0 Å². The van der Waals surface area contributed by atoms with Crippen LogP contribution in [-0.2, 0) is 0 Å². The zero-order valence-corrected chi connectivity index (χ0v) is 47.4. The quantitative estimate of drug-likeness (QED) is 0.0716. The molecule has 6 heterocycles.